The Kier molecular flexibility index (Phi) is 5.70. The summed E-state index contributed by atoms with van der Waals surface area (Å²) in [5.74, 6) is 0.372. The lowest BCUT2D eigenvalue weighted by Gasteiger charge is -2.43. The maximum atomic E-state index is 13.8. The molecule has 40 heavy (non-hydrogen) atoms. The number of fused-ring (bicyclic) bond motifs is 5. The molecule has 7 rings (SSSR count). The van der Waals surface area contributed by atoms with Crippen LogP contribution in [0.3, 0.4) is 0 Å². The summed E-state index contributed by atoms with van der Waals surface area (Å²) in [5, 5.41) is 5.85. The van der Waals surface area contributed by atoms with Crippen LogP contribution in [0.1, 0.15) is 35.1 Å². The zero-order chi connectivity index (χ0) is 27.9. The van der Waals surface area contributed by atoms with Crippen molar-refractivity contribution >= 4 is 61.4 Å². The molecule has 11 heteroatoms. The minimum Gasteiger partial charge on any atom is -0.325 e. The molecule has 2 aromatic carbocycles. The van der Waals surface area contributed by atoms with Gasteiger partial charge in [0.1, 0.15) is 12.4 Å². The van der Waals surface area contributed by atoms with E-state index in [0.29, 0.717) is 42.9 Å². The van der Waals surface area contributed by atoms with Crippen molar-refractivity contribution in [1.29, 1.82) is 0 Å². The Morgan fingerprint density at radius 2 is 1.80 bits per heavy atom. The van der Waals surface area contributed by atoms with E-state index in [-0.39, 0.29) is 35.8 Å². The van der Waals surface area contributed by atoms with Gasteiger partial charge in [-0.2, -0.15) is 10.6 Å². The minimum atomic E-state index is -2.69. The molecule has 1 unspecified atom stereocenters. The largest absolute Gasteiger partial charge is 0.325 e. The van der Waals surface area contributed by atoms with Gasteiger partial charge in [-0.25, -0.2) is 4.98 Å². The molecule has 0 saturated carbocycles. The van der Waals surface area contributed by atoms with Gasteiger partial charge < -0.3 is 15.5 Å². The number of hydrogen-bond acceptors (Lipinski definition) is 6. The van der Waals surface area contributed by atoms with Gasteiger partial charge in [0.05, 0.1) is 10.8 Å². The lowest BCUT2D eigenvalue weighted by Crippen LogP contribution is -2.46. The standard InChI is InChI=1S/C29H27BrN4O5S/c30-19-4-6-23-22(13-19)28(7-10-40(38,39)11-8-28)27(37)34(23)16-24(35)32-20-5-3-17-14-29(15-18(17)12-20)21-2-1-9-31-25(21)33-26(29)36/h1-6,9,12-13,38-39H,7-8,10-11,14-16H2,(H,32,35)(H,31,33,36). The highest BCUT2D eigenvalue weighted by Gasteiger charge is 2.54. The number of pyridine rings is 1. The van der Waals surface area contributed by atoms with Crippen LogP contribution >= 0.6 is 26.5 Å². The summed E-state index contributed by atoms with van der Waals surface area (Å²) >= 11 is 3.50. The lowest BCUT2D eigenvalue weighted by atomic mass is 9.76. The number of aromatic nitrogens is 1. The van der Waals surface area contributed by atoms with E-state index in [2.05, 4.69) is 31.5 Å². The predicted octanol–water partition coefficient (Wildman–Crippen LogP) is 4.60. The third-order valence-corrected chi connectivity index (χ3v) is 11.1. The molecule has 1 atom stereocenters. The molecule has 3 amide bonds. The number of amides is 3. The van der Waals surface area contributed by atoms with Crippen molar-refractivity contribution in [3.05, 3.63) is 81.5 Å². The summed E-state index contributed by atoms with van der Waals surface area (Å²) in [6.07, 6.45) is 3.41. The van der Waals surface area contributed by atoms with Crippen molar-refractivity contribution in [3.8, 4) is 0 Å². The van der Waals surface area contributed by atoms with E-state index >= 15 is 0 Å². The molecule has 0 radical (unpaired) electrons. The van der Waals surface area contributed by atoms with Crippen LogP contribution < -0.4 is 15.5 Å². The second-order valence-electron chi connectivity index (χ2n) is 11.2. The van der Waals surface area contributed by atoms with Crippen LogP contribution in [0.25, 0.3) is 0 Å². The first-order chi connectivity index (χ1) is 19.1. The molecule has 4 N–H and O–H groups in total. The average molecular weight is 624 g/mol. The molecule has 4 aliphatic rings. The molecule has 1 saturated heterocycles. The van der Waals surface area contributed by atoms with Crippen molar-refractivity contribution in [1.82, 2.24) is 4.98 Å². The van der Waals surface area contributed by atoms with Crippen LogP contribution in [0.15, 0.2) is 59.2 Å². The fraction of sp³-hybridized carbons (Fsp3) is 0.310. The highest BCUT2D eigenvalue weighted by molar-refractivity contribution is 9.10. The third kappa shape index (κ3) is 3.82. The number of hydrogen-bond donors (Lipinski definition) is 4. The maximum absolute atomic E-state index is 13.8. The first-order valence-corrected chi connectivity index (χ1v) is 15.8. The summed E-state index contributed by atoms with van der Waals surface area (Å²) < 4.78 is 21.2. The molecule has 9 nitrogen and oxygen atoms in total. The number of carbonyl (C=O) groups is 3. The summed E-state index contributed by atoms with van der Waals surface area (Å²) in [7, 11) is -2.69. The Hall–Kier alpha value is -3.25. The molecule has 1 aliphatic carbocycles. The van der Waals surface area contributed by atoms with Gasteiger partial charge in [-0.15, -0.1) is 0 Å². The first-order valence-electron chi connectivity index (χ1n) is 13.1. The molecule has 3 aliphatic heterocycles. The summed E-state index contributed by atoms with van der Waals surface area (Å²) in [6.45, 7) is -0.159. The molecular formula is C29H27BrN4O5S. The summed E-state index contributed by atoms with van der Waals surface area (Å²) in [5.41, 5.74) is 3.51. The van der Waals surface area contributed by atoms with E-state index in [9.17, 15) is 23.5 Å². The highest BCUT2D eigenvalue weighted by atomic mass is 79.9. The van der Waals surface area contributed by atoms with Crippen LogP contribution in [0, 0.1) is 0 Å². The average Bonchev–Trinajstić information content (AvgIpc) is 3.51. The van der Waals surface area contributed by atoms with Crippen molar-refractivity contribution in [2.45, 2.75) is 36.5 Å². The molecular weight excluding hydrogens is 596 g/mol. The van der Waals surface area contributed by atoms with Crippen LogP contribution in [-0.4, -0.2) is 49.9 Å². The molecule has 1 aromatic heterocycles. The van der Waals surface area contributed by atoms with E-state index in [1.54, 1.807) is 6.20 Å². The first kappa shape index (κ1) is 25.7. The van der Waals surface area contributed by atoms with Gasteiger partial charge in [0.25, 0.3) is 0 Å². The highest BCUT2D eigenvalue weighted by Crippen LogP contribution is 2.56. The zero-order valence-electron chi connectivity index (χ0n) is 21.4. The van der Waals surface area contributed by atoms with Crippen LogP contribution in [-0.2, 0) is 38.1 Å². The van der Waals surface area contributed by atoms with E-state index in [0.717, 1.165) is 26.7 Å². The summed E-state index contributed by atoms with van der Waals surface area (Å²) in [6, 6.07) is 15.1. The number of halogens is 1. The molecule has 2 spiro atoms. The number of rotatable bonds is 3. The van der Waals surface area contributed by atoms with Crippen LogP contribution in [0.2, 0.25) is 0 Å². The number of nitrogens with zero attached hydrogens (tertiary/aromatic N) is 2. The zero-order valence-corrected chi connectivity index (χ0v) is 23.8. The topological polar surface area (TPSA) is 132 Å². The third-order valence-electron chi connectivity index (χ3n) is 8.90. The normalized spacial score (nSPS) is 24.0. The van der Waals surface area contributed by atoms with Crippen molar-refractivity contribution < 1.29 is 23.5 Å². The van der Waals surface area contributed by atoms with Gasteiger partial charge in [-0.3, -0.25) is 23.5 Å². The van der Waals surface area contributed by atoms with Crippen molar-refractivity contribution in [2.24, 2.45) is 0 Å². The fourth-order valence-electron chi connectivity index (χ4n) is 6.84. The molecule has 4 heterocycles. The lowest BCUT2D eigenvalue weighted by molar-refractivity contribution is -0.125. The Bertz CT molecular complexity index is 1620. The minimum absolute atomic E-state index is 0.0567. The Labute approximate surface area is 240 Å². The Morgan fingerprint density at radius 3 is 2.60 bits per heavy atom. The second-order valence-corrected chi connectivity index (χ2v) is 14.5. The van der Waals surface area contributed by atoms with Crippen molar-refractivity contribution in [3.63, 3.8) is 0 Å². The Balaban J connectivity index is 1.11. The van der Waals surface area contributed by atoms with Gasteiger partial charge in [-0.05, 0) is 78.8 Å². The monoisotopic (exact) mass is 622 g/mol. The molecule has 1 fully saturated rings. The smallest absolute Gasteiger partial charge is 0.244 e. The van der Waals surface area contributed by atoms with Crippen LogP contribution in [0.5, 0.6) is 0 Å². The van der Waals surface area contributed by atoms with Gasteiger partial charge in [0.15, 0.2) is 0 Å². The SMILES string of the molecule is O=C(CN1C(=O)C2(CCS(O)(O)CC2)c2cc(Br)ccc21)Nc1ccc2c(c1)CC1(C2)C(=O)Nc2ncccc21. The van der Waals surface area contributed by atoms with E-state index in [1.165, 1.54) is 4.90 Å². The fourth-order valence-corrected chi connectivity index (χ4v) is 8.76. The summed E-state index contributed by atoms with van der Waals surface area (Å²) in [4.78, 5) is 45.9. The quantitative estimate of drug-likeness (QED) is 0.337. The van der Waals surface area contributed by atoms with E-state index in [1.807, 2.05) is 48.5 Å². The molecule has 3 aromatic rings. The van der Waals surface area contributed by atoms with Gasteiger partial charge in [0, 0.05) is 39.1 Å². The second kappa shape index (κ2) is 8.87. The van der Waals surface area contributed by atoms with Crippen molar-refractivity contribution in [2.75, 3.05) is 33.6 Å². The maximum Gasteiger partial charge on any atom is 0.244 e. The van der Waals surface area contributed by atoms with Gasteiger partial charge >= 0.3 is 0 Å². The van der Waals surface area contributed by atoms with Crippen LogP contribution in [0.4, 0.5) is 17.2 Å². The van der Waals surface area contributed by atoms with Gasteiger partial charge in [-0.1, -0.05) is 28.1 Å². The van der Waals surface area contributed by atoms with Gasteiger partial charge in [0.2, 0.25) is 17.7 Å². The predicted molar refractivity (Wildman–Crippen MR) is 157 cm³/mol. The number of benzene rings is 2. The molecule has 0 bridgehead atoms. The Morgan fingerprint density at radius 1 is 1.02 bits per heavy atom. The van der Waals surface area contributed by atoms with E-state index in [4.69, 9.17) is 0 Å². The number of carbonyl (C=O) groups excluding carboxylic acids is 3. The van der Waals surface area contributed by atoms with E-state index < -0.39 is 21.4 Å². The number of anilines is 3. The molecule has 206 valence electrons. The number of nitrogens with one attached hydrogen (secondary N) is 2.